The molecule has 2 atom stereocenters. The number of pyridine rings is 1. The second-order valence-corrected chi connectivity index (χ2v) is 8.70. The normalized spacial score (nSPS) is 20.3. The molecule has 2 saturated heterocycles. The molecule has 1 N–H and O–H groups in total. The van der Waals surface area contributed by atoms with Crippen molar-refractivity contribution in [1.29, 1.82) is 0 Å². The zero-order valence-electron chi connectivity index (χ0n) is 18.7. The van der Waals surface area contributed by atoms with Crippen LogP contribution in [0.2, 0.25) is 0 Å². The fourth-order valence-corrected chi connectivity index (χ4v) is 4.91. The highest BCUT2D eigenvalue weighted by Gasteiger charge is 2.38. The Labute approximate surface area is 195 Å². The number of amides is 2. The summed E-state index contributed by atoms with van der Waals surface area (Å²) in [7, 11) is 0. The zero-order chi connectivity index (χ0) is 22.5. The number of hydrogen-bond acceptors (Lipinski definition) is 3. The van der Waals surface area contributed by atoms with Crippen LogP contribution in [0, 0.1) is 11.8 Å². The lowest BCUT2D eigenvalue weighted by Crippen LogP contribution is -2.43. The van der Waals surface area contributed by atoms with E-state index in [1.54, 1.807) is 12.4 Å². The number of aromatic nitrogens is 1. The van der Waals surface area contributed by atoms with Crippen molar-refractivity contribution in [2.75, 3.05) is 31.5 Å². The molecule has 2 amide bonds. The van der Waals surface area contributed by atoms with E-state index in [0.717, 1.165) is 55.8 Å². The highest BCUT2D eigenvalue weighted by atomic mass is 16.2. The summed E-state index contributed by atoms with van der Waals surface area (Å²) >= 11 is 0. The van der Waals surface area contributed by atoms with E-state index in [9.17, 15) is 4.79 Å². The van der Waals surface area contributed by atoms with E-state index >= 15 is 0 Å². The molecule has 0 bridgehead atoms. The van der Waals surface area contributed by atoms with Gasteiger partial charge in [-0.1, -0.05) is 42.2 Å². The first-order valence-corrected chi connectivity index (χ1v) is 11.6. The van der Waals surface area contributed by atoms with Gasteiger partial charge in [0.25, 0.3) is 0 Å². The number of carbonyl (C=O) groups excluding carboxylic acids is 1. The molecule has 166 valence electrons. The topological polar surface area (TPSA) is 48.5 Å². The van der Waals surface area contributed by atoms with Crippen LogP contribution in [0.25, 0.3) is 0 Å². The number of rotatable bonds is 2. The second-order valence-electron chi connectivity index (χ2n) is 8.70. The van der Waals surface area contributed by atoms with Gasteiger partial charge in [0.15, 0.2) is 0 Å². The van der Waals surface area contributed by atoms with Crippen molar-refractivity contribution in [3.05, 3.63) is 95.8 Å². The van der Waals surface area contributed by atoms with Gasteiger partial charge in [0.1, 0.15) is 0 Å². The van der Waals surface area contributed by atoms with Gasteiger partial charge in [0.05, 0.1) is 0 Å². The summed E-state index contributed by atoms with van der Waals surface area (Å²) in [4.78, 5) is 21.6. The van der Waals surface area contributed by atoms with E-state index in [4.69, 9.17) is 0 Å². The first-order valence-electron chi connectivity index (χ1n) is 11.6. The van der Waals surface area contributed by atoms with Crippen molar-refractivity contribution in [2.45, 2.75) is 24.8 Å². The zero-order valence-corrected chi connectivity index (χ0v) is 18.7. The van der Waals surface area contributed by atoms with Crippen LogP contribution in [-0.2, 0) is 0 Å². The van der Waals surface area contributed by atoms with E-state index in [1.165, 1.54) is 5.56 Å². The number of hydrogen-bond donors (Lipinski definition) is 1. The smallest absolute Gasteiger partial charge is 0.321 e. The molecular weight excluding hydrogens is 408 g/mol. The molecule has 5 nitrogen and oxygen atoms in total. The molecule has 0 radical (unpaired) electrons. The van der Waals surface area contributed by atoms with E-state index in [2.05, 4.69) is 51.3 Å². The third kappa shape index (κ3) is 5.08. The number of nitrogens with one attached hydrogen (secondary N) is 1. The molecule has 0 unspecified atom stereocenters. The van der Waals surface area contributed by atoms with E-state index in [-0.39, 0.29) is 6.03 Å². The number of urea groups is 1. The van der Waals surface area contributed by atoms with Gasteiger partial charge in [0.2, 0.25) is 0 Å². The molecule has 0 saturated carbocycles. The molecule has 5 rings (SSSR count). The van der Waals surface area contributed by atoms with Crippen molar-refractivity contribution in [3.8, 4) is 11.8 Å². The lowest BCUT2D eigenvalue weighted by molar-refractivity contribution is 0.197. The molecule has 2 aliphatic heterocycles. The number of anilines is 1. The monoisotopic (exact) mass is 436 g/mol. The van der Waals surface area contributed by atoms with Crippen molar-refractivity contribution in [2.24, 2.45) is 0 Å². The summed E-state index contributed by atoms with van der Waals surface area (Å²) in [5.74, 6) is 6.86. The maximum Gasteiger partial charge on any atom is 0.321 e. The number of benzene rings is 2. The van der Waals surface area contributed by atoms with Gasteiger partial charge in [-0.05, 0) is 61.3 Å². The van der Waals surface area contributed by atoms with Gasteiger partial charge < -0.3 is 10.2 Å². The average Bonchev–Trinajstić information content (AvgIpc) is 3.13. The lowest BCUT2D eigenvalue weighted by Gasteiger charge is -2.30. The summed E-state index contributed by atoms with van der Waals surface area (Å²) in [5, 5.41) is 3.06. The largest absolute Gasteiger partial charge is 0.323 e. The van der Waals surface area contributed by atoms with Gasteiger partial charge in [-0.3, -0.25) is 9.88 Å². The molecule has 33 heavy (non-hydrogen) atoms. The SMILES string of the molecule is O=C(Nc1ccccc1)N1CCCN2CC[C@H](c3ccc(C#Cc4ccncc4)cc3)[C@@H]2C1. The van der Waals surface area contributed by atoms with Crippen LogP contribution in [-0.4, -0.2) is 53.0 Å². The van der Waals surface area contributed by atoms with Crippen molar-refractivity contribution < 1.29 is 4.79 Å². The summed E-state index contributed by atoms with van der Waals surface area (Å²) in [6.07, 6.45) is 5.65. The minimum Gasteiger partial charge on any atom is -0.323 e. The molecule has 2 aromatic carbocycles. The molecule has 0 aliphatic carbocycles. The lowest BCUT2D eigenvalue weighted by atomic mass is 9.91. The average molecular weight is 437 g/mol. The van der Waals surface area contributed by atoms with E-state index in [0.29, 0.717) is 12.0 Å². The molecule has 1 aromatic heterocycles. The first-order chi connectivity index (χ1) is 16.3. The van der Waals surface area contributed by atoms with Crippen molar-refractivity contribution in [1.82, 2.24) is 14.8 Å². The van der Waals surface area contributed by atoms with Crippen LogP contribution < -0.4 is 5.32 Å². The van der Waals surface area contributed by atoms with E-state index in [1.807, 2.05) is 47.4 Å². The number of carbonyl (C=O) groups is 1. The van der Waals surface area contributed by atoms with Crippen LogP contribution >= 0.6 is 0 Å². The van der Waals surface area contributed by atoms with Gasteiger partial charge in [-0.25, -0.2) is 4.79 Å². The van der Waals surface area contributed by atoms with Gasteiger partial charge >= 0.3 is 6.03 Å². The summed E-state index contributed by atoms with van der Waals surface area (Å²) in [5.41, 5.74) is 4.15. The third-order valence-corrected chi connectivity index (χ3v) is 6.62. The Balaban J connectivity index is 1.28. The standard InChI is InChI=1S/C28H28N4O/c33-28(30-25-5-2-1-3-6-25)32-19-4-18-31-20-15-26(27(31)21-32)24-11-9-22(10-12-24)7-8-23-13-16-29-17-14-23/h1-3,5-6,9-14,16-17,26-27H,4,15,18-21H2,(H,30,33)/t26-,27+/m1/s1. The quantitative estimate of drug-likeness (QED) is 0.599. The summed E-state index contributed by atoms with van der Waals surface area (Å²) < 4.78 is 0. The van der Waals surface area contributed by atoms with E-state index < -0.39 is 0 Å². The Morgan fingerprint density at radius 3 is 2.36 bits per heavy atom. The Kier molecular flexibility index (Phi) is 6.37. The Morgan fingerprint density at radius 2 is 1.61 bits per heavy atom. The van der Waals surface area contributed by atoms with Crippen LogP contribution in [0.15, 0.2) is 79.1 Å². The van der Waals surface area contributed by atoms with Crippen molar-refractivity contribution >= 4 is 11.7 Å². The van der Waals surface area contributed by atoms with Gasteiger partial charge in [-0.15, -0.1) is 0 Å². The summed E-state index contributed by atoms with van der Waals surface area (Å²) in [6, 6.07) is 22.5. The fraction of sp³-hybridized carbons (Fsp3) is 0.286. The Morgan fingerprint density at radius 1 is 0.879 bits per heavy atom. The highest BCUT2D eigenvalue weighted by Crippen LogP contribution is 2.35. The van der Waals surface area contributed by atoms with Gasteiger partial charge in [0, 0.05) is 60.8 Å². The molecular formula is C28H28N4O. The number of fused-ring (bicyclic) bond motifs is 1. The Hall–Kier alpha value is -3.62. The van der Waals surface area contributed by atoms with Crippen LogP contribution in [0.3, 0.4) is 0 Å². The number of para-hydroxylation sites is 1. The van der Waals surface area contributed by atoms with Crippen LogP contribution in [0.5, 0.6) is 0 Å². The molecule has 3 heterocycles. The third-order valence-electron chi connectivity index (χ3n) is 6.62. The van der Waals surface area contributed by atoms with Crippen LogP contribution in [0.4, 0.5) is 10.5 Å². The molecule has 5 heteroatoms. The molecule has 2 fully saturated rings. The van der Waals surface area contributed by atoms with Crippen molar-refractivity contribution in [3.63, 3.8) is 0 Å². The Bertz CT molecular complexity index is 1140. The minimum atomic E-state index is -0.00423. The molecule has 0 spiro atoms. The second kappa shape index (κ2) is 9.89. The predicted molar refractivity (Wildman–Crippen MR) is 131 cm³/mol. The maximum absolute atomic E-state index is 13.0. The maximum atomic E-state index is 13.0. The number of nitrogens with zero attached hydrogens (tertiary/aromatic N) is 3. The predicted octanol–water partition coefficient (Wildman–Crippen LogP) is 4.58. The minimum absolute atomic E-state index is 0.00423. The fourth-order valence-electron chi connectivity index (χ4n) is 4.91. The highest BCUT2D eigenvalue weighted by molar-refractivity contribution is 5.89. The molecule has 3 aromatic rings. The van der Waals surface area contributed by atoms with Gasteiger partial charge in [-0.2, -0.15) is 0 Å². The summed E-state index contributed by atoms with van der Waals surface area (Å²) in [6.45, 7) is 3.69. The first kappa shape index (κ1) is 21.2. The molecule has 2 aliphatic rings. The van der Waals surface area contributed by atoms with Crippen LogP contribution in [0.1, 0.15) is 35.4 Å².